The van der Waals surface area contributed by atoms with E-state index in [9.17, 15) is 14.4 Å². The predicted octanol–water partition coefficient (Wildman–Crippen LogP) is 5.06. The number of piperidine rings is 1. The Morgan fingerprint density at radius 1 is 1.34 bits per heavy atom. The second-order valence-electron chi connectivity index (χ2n) is 10.4. The quantitative estimate of drug-likeness (QED) is 0.575. The van der Waals surface area contributed by atoms with Gasteiger partial charge in [0.1, 0.15) is 17.3 Å². The third-order valence-corrected chi connectivity index (χ3v) is 6.37. The van der Waals surface area contributed by atoms with Gasteiger partial charge in [-0.15, -0.1) is 0 Å². The summed E-state index contributed by atoms with van der Waals surface area (Å²) in [4.78, 5) is 15.6. The molecule has 0 radical (unpaired) electrons. The van der Waals surface area contributed by atoms with Gasteiger partial charge in [0.05, 0.1) is 35.6 Å². The highest BCUT2D eigenvalue weighted by Gasteiger charge is 2.35. The fourth-order valence-electron chi connectivity index (χ4n) is 5.06. The Balaban J connectivity index is 2.33. The molecule has 190 valence electrons. The first-order chi connectivity index (χ1) is 16.5. The van der Waals surface area contributed by atoms with E-state index < -0.39 is 11.4 Å². The van der Waals surface area contributed by atoms with Crippen LogP contribution >= 0.6 is 0 Å². The highest BCUT2D eigenvalue weighted by atomic mass is 19.1. The molecule has 1 unspecified atom stereocenters. The number of nitrogens with one attached hydrogen (secondary N) is 2. The first-order valence-electron chi connectivity index (χ1n) is 12.3. The summed E-state index contributed by atoms with van der Waals surface area (Å²) in [6.07, 6.45) is 1.86. The van der Waals surface area contributed by atoms with Crippen LogP contribution in [0, 0.1) is 23.1 Å². The Kier molecular flexibility index (Phi) is 8.11. The Morgan fingerprint density at radius 2 is 2.06 bits per heavy atom. The zero-order chi connectivity index (χ0) is 25.9. The Labute approximate surface area is 208 Å². The van der Waals surface area contributed by atoms with Crippen LogP contribution in [0.25, 0.3) is 0 Å². The number of ether oxygens (including phenoxy) is 1. The lowest BCUT2D eigenvalue weighted by atomic mass is 9.99. The smallest absolute Gasteiger partial charge is 0.269 e. The molecule has 2 aromatic rings. The molecule has 8 heteroatoms. The average Bonchev–Trinajstić information content (AvgIpc) is 3.11. The Hall–Kier alpha value is -3.05. The topological polar surface area (TPSA) is 82.3 Å². The van der Waals surface area contributed by atoms with Gasteiger partial charge in [-0.2, -0.15) is 5.26 Å². The minimum Gasteiger partial charge on any atom is -0.386 e. The van der Waals surface area contributed by atoms with E-state index in [0.717, 1.165) is 37.3 Å². The van der Waals surface area contributed by atoms with Crippen molar-refractivity contribution in [3.8, 4) is 6.07 Å². The van der Waals surface area contributed by atoms with E-state index in [1.54, 1.807) is 14.1 Å². The van der Waals surface area contributed by atoms with Gasteiger partial charge in [-0.25, -0.2) is 4.39 Å². The van der Waals surface area contributed by atoms with E-state index in [0.29, 0.717) is 28.4 Å². The number of amides is 1. The maximum absolute atomic E-state index is 14.2. The largest absolute Gasteiger partial charge is 0.386 e. The van der Waals surface area contributed by atoms with Crippen LogP contribution < -0.4 is 15.5 Å². The van der Waals surface area contributed by atoms with E-state index in [4.69, 9.17) is 4.74 Å². The van der Waals surface area contributed by atoms with E-state index in [-0.39, 0.29) is 18.6 Å². The van der Waals surface area contributed by atoms with Gasteiger partial charge in [-0.3, -0.25) is 4.79 Å². The summed E-state index contributed by atoms with van der Waals surface area (Å²) in [5.74, 6) is 0.692. The zero-order valence-electron chi connectivity index (χ0n) is 22.0. The highest BCUT2D eigenvalue weighted by molar-refractivity contribution is 6.01. The monoisotopic (exact) mass is 483 g/mol. The van der Waals surface area contributed by atoms with Crippen LogP contribution in [0.4, 0.5) is 15.9 Å². The number of anilines is 2. The lowest BCUT2D eigenvalue weighted by molar-refractivity contribution is -0.0524. The third kappa shape index (κ3) is 5.79. The normalized spacial score (nSPS) is 17.1. The van der Waals surface area contributed by atoms with Crippen molar-refractivity contribution in [2.24, 2.45) is 5.92 Å². The van der Waals surface area contributed by atoms with Crippen LogP contribution in [0.15, 0.2) is 18.2 Å². The second-order valence-corrected chi connectivity index (χ2v) is 10.4. The fourth-order valence-corrected chi connectivity index (χ4v) is 5.06. The Morgan fingerprint density at radius 3 is 2.63 bits per heavy atom. The van der Waals surface area contributed by atoms with E-state index in [2.05, 4.69) is 28.5 Å². The standard InChI is InChI=1S/C27H38FN5O2/c1-17-9-8-12-32(15-17)26-22(18(2)35-27(3,4)5)23(30-6)24(25(34)31-7)33(26)16-20-13-21(28)11-10-19(20)14-29/h10-11,13,17-18,30H,8-9,12,15-16H2,1-7H3,(H,31,34)/t17-,18?/m0/s1. The molecule has 1 fully saturated rings. The number of rotatable bonds is 7. The number of carbonyl (C=O) groups is 1. The van der Waals surface area contributed by atoms with Gasteiger partial charge in [0.25, 0.3) is 5.91 Å². The number of hydrogen-bond donors (Lipinski definition) is 2. The maximum Gasteiger partial charge on any atom is 0.269 e. The van der Waals surface area contributed by atoms with E-state index in [1.165, 1.54) is 18.2 Å². The van der Waals surface area contributed by atoms with Gasteiger partial charge in [-0.05, 0) is 70.2 Å². The summed E-state index contributed by atoms with van der Waals surface area (Å²) in [5.41, 5.74) is 2.53. The molecule has 1 saturated heterocycles. The molecule has 3 rings (SSSR count). The van der Waals surface area contributed by atoms with Crippen LogP contribution in [-0.4, -0.2) is 43.3 Å². The molecule has 0 saturated carbocycles. The number of halogens is 1. The highest BCUT2D eigenvalue weighted by Crippen LogP contribution is 2.43. The van der Waals surface area contributed by atoms with Gasteiger partial charge in [-0.1, -0.05) is 6.92 Å². The van der Waals surface area contributed by atoms with Crippen molar-refractivity contribution in [1.29, 1.82) is 5.26 Å². The molecule has 0 bridgehead atoms. The summed E-state index contributed by atoms with van der Waals surface area (Å²) >= 11 is 0. The molecule has 7 nitrogen and oxygen atoms in total. The molecule has 1 amide bonds. The zero-order valence-corrected chi connectivity index (χ0v) is 22.0. The number of aromatic nitrogens is 1. The number of hydrogen-bond acceptors (Lipinski definition) is 5. The lowest BCUT2D eigenvalue weighted by Crippen LogP contribution is -2.37. The summed E-state index contributed by atoms with van der Waals surface area (Å²) < 4.78 is 22.6. The van der Waals surface area contributed by atoms with E-state index >= 15 is 0 Å². The van der Waals surface area contributed by atoms with Crippen molar-refractivity contribution in [1.82, 2.24) is 9.88 Å². The molecule has 1 aliphatic rings. The van der Waals surface area contributed by atoms with Crippen molar-refractivity contribution in [2.75, 3.05) is 37.4 Å². The van der Waals surface area contributed by atoms with Crippen molar-refractivity contribution < 1.29 is 13.9 Å². The number of nitriles is 1. The molecular weight excluding hydrogens is 445 g/mol. The summed E-state index contributed by atoms with van der Waals surface area (Å²) in [7, 11) is 3.39. The minimum absolute atomic E-state index is 0.181. The number of carbonyl (C=O) groups excluding carboxylic acids is 1. The van der Waals surface area contributed by atoms with Crippen molar-refractivity contribution in [2.45, 2.75) is 65.7 Å². The van der Waals surface area contributed by atoms with Crippen LogP contribution in [0.3, 0.4) is 0 Å². The van der Waals surface area contributed by atoms with Crippen molar-refractivity contribution in [3.05, 3.63) is 46.4 Å². The summed E-state index contributed by atoms with van der Waals surface area (Å²) in [6.45, 7) is 12.1. The molecule has 0 spiro atoms. The van der Waals surface area contributed by atoms with Crippen LogP contribution in [0.1, 0.15) is 80.7 Å². The van der Waals surface area contributed by atoms with Gasteiger partial charge in [0.2, 0.25) is 0 Å². The molecular formula is C27H38FN5O2. The van der Waals surface area contributed by atoms with Crippen LogP contribution in [-0.2, 0) is 11.3 Å². The van der Waals surface area contributed by atoms with Crippen molar-refractivity contribution in [3.63, 3.8) is 0 Å². The van der Waals surface area contributed by atoms with Crippen molar-refractivity contribution >= 4 is 17.4 Å². The minimum atomic E-state index is -0.417. The second kappa shape index (κ2) is 10.7. The van der Waals surface area contributed by atoms with Gasteiger partial charge >= 0.3 is 0 Å². The summed E-state index contributed by atoms with van der Waals surface area (Å²) in [5, 5.41) is 15.7. The molecule has 35 heavy (non-hydrogen) atoms. The molecule has 1 aliphatic heterocycles. The summed E-state index contributed by atoms with van der Waals surface area (Å²) in [6, 6.07) is 6.32. The molecule has 1 aromatic heterocycles. The predicted molar refractivity (Wildman–Crippen MR) is 137 cm³/mol. The van der Waals surface area contributed by atoms with Crippen LogP contribution in [0.2, 0.25) is 0 Å². The molecule has 0 aliphatic carbocycles. The lowest BCUT2D eigenvalue weighted by Gasteiger charge is -2.36. The molecule has 2 atom stereocenters. The Bertz CT molecular complexity index is 1110. The first-order valence-corrected chi connectivity index (χ1v) is 12.3. The number of nitrogens with zero attached hydrogens (tertiary/aromatic N) is 3. The van der Waals surface area contributed by atoms with Crippen LogP contribution in [0.5, 0.6) is 0 Å². The average molecular weight is 484 g/mol. The first kappa shape index (κ1) is 26.6. The molecule has 2 heterocycles. The molecule has 2 N–H and O–H groups in total. The van der Waals surface area contributed by atoms with Gasteiger partial charge in [0, 0.05) is 32.7 Å². The third-order valence-electron chi connectivity index (χ3n) is 6.37. The van der Waals surface area contributed by atoms with Gasteiger partial charge in [0.15, 0.2) is 0 Å². The fraction of sp³-hybridized carbons (Fsp3) is 0.556. The SMILES string of the molecule is CNC(=O)c1c(NC)c(C(C)OC(C)(C)C)c(N2CCC[C@H](C)C2)n1Cc1cc(F)ccc1C#N. The maximum atomic E-state index is 14.2. The van der Waals surface area contributed by atoms with E-state index in [1.807, 2.05) is 32.3 Å². The molecule has 1 aromatic carbocycles. The number of benzene rings is 1. The van der Waals surface area contributed by atoms with Gasteiger partial charge < -0.3 is 24.8 Å².